The largest absolute Gasteiger partial charge is 0.496 e. The summed E-state index contributed by atoms with van der Waals surface area (Å²) in [5.41, 5.74) is 1.30. The fraction of sp³-hybridized carbons (Fsp3) is 0.579. The molecule has 1 aromatic carbocycles. The Morgan fingerprint density at radius 3 is 2.20 bits per heavy atom. The first-order valence-corrected chi connectivity index (χ1v) is 8.91. The van der Waals surface area contributed by atoms with E-state index in [1.807, 2.05) is 11.8 Å². The number of methoxy groups -OCH3 is 1. The molecule has 1 fully saturated rings. The van der Waals surface area contributed by atoms with Gasteiger partial charge in [0.1, 0.15) is 5.75 Å². The van der Waals surface area contributed by atoms with Crippen LogP contribution >= 0.6 is 11.6 Å². The lowest BCUT2D eigenvalue weighted by Crippen LogP contribution is -2.51. The van der Waals surface area contributed by atoms with Crippen molar-refractivity contribution in [2.24, 2.45) is 5.41 Å². The van der Waals surface area contributed by atoms with Crippen LogP contribution in [-0.4, -0.2) is 54.9 Å². The second kappa shape index (κ2) is 7.65. The minimum absolute atomic E-state index is 0.0317. The number of halogens is 1. The number of benzene rings is 1. The van der Waals surface area contributed by atoms with E-state index >= 15 is 0 Å². The van der Waals surface area contributed by atoms with Gasteiger partial charge in [-0.1, -0.05) is 32.4 Å². The van der Waals surface area contributed by atoms with E-state index in [4.69, 9.17) is 16.3 Å². The highest BCUT2D eigenvalue weighted by molar-refractivity contribution is 6.31. The van der Waals surface area contributed by atoms with Crippen LogP contribution in [0.2, 0.25) is 5.02 Å². The van der Waals surface area contributed by atoms with Crippen molar-refractivity contribution in [1.82, 2.24) is 9.80 Å². The average molecular weight is 367 g/mol. The van der Waals surface area contributed by atoms with Gasteiger partial charge in [-0.3, -0.25) is 9.59 Å². The molecular formula is C19H27ClN2O3. The van der Waals surface area contributed by atoms with Crippen molar-refractivity contribution >= 4 is 23.4 Å². The Hall–Kier alpha value is -1.75. The third-order valence-electron chi connectivity index (χ3n) is 4.31. The Morgan fingerprint density at radius 1 is 1.12 bits per heavy atom. The summed E-state index contributed by atoms with van der Waals surface area (Å²) in [5.74, 6) is 0.565. The Balaban J connectivity index is 2.05. The lowest BCUT2D eigenvalue weighted by atomic mass is 9.91. The molecule has 1 aliphatic heterocycles. The summed E-state index contributed by atoms with van der Waals surface area (Å²) in [6.07, 6.45) is 0.516. The number of amides is 2. The SMILES string of the molecule is COc1cc(C)c(Cl)cc1C(=O)N1CCN(C(=O)CC(C)(C)C)CC1. The van der Waals surface area contributed by atoms with Crippen LogP contribution in [-0.2, 0) is 4.79 Å². The molecule has 1 heterocycles. The van der Waals surface area contributed by atoms with Crippen LogP contribution in [0.5, 0.6) is 5.75 Å². The maximum atomic E-state index is 12.8. The van der Waals surface area contributed by atoms with E-state index in [2.05, 4.69) is 20.8 Å². The van der Waals surface area contributed by atoms with Crippen LogP contribution in [0.4, 0.5) is 0 Å². The number of hydrogen-bond donors (Lipinski definition) is 0. The third kappa shape index (κ3) is 4.88. The summed E-state index contributed by atoms with van der Waals surface area (Å²) in [6, 6.07) is 3.44. The maximum absolute atomic E-state index is 12.8. The van der Waals surface area contributed by atoms with Crippen LogP contribution in [0.25, 0.3) is 0 Å². The van der Waals surface area contributed by atoms with Gasteiger partial charge in [0.2, 0.25) is 5.91 Å². The first kappa shape index (κ1) is 19.6. The fourth-order valence-corrected chi connectivity index (χ4v) is 3.05. The number of nitrogens with zero attached hydrogens (tertiary/aromatic N) is 2. The molecule has 2 rings (SSSR count). The number of rotatable bonds is 3. The zero-order valence-corrected chi connectivity index (χ0v) is 16.4. The number of ether oxygens (including phenoxy) is 1. The van der Waals surface area contributed by atoms with E-state index in [9.17, 15) is 9.59 Å². The summed E-state index contributed by atoms with van der Waals surface area (Å²) in [6.45, 7) is 10.2. The van der Waals surface area contributed by atoms with Crippen molar-refractivity contribution in [2.75, 3.05) is 33.3 Å². The van der Waals surface area contributed by atoms with Gasteiger partial charge in [0, 0.05) is 37.6 Å². The molecule has 25 heavy (non-hydrogen) atoms. The zero-order chi connectivity index (χ0) is 18.8. The van der Waals surface area contributed by atoms with E-state index in [1.165, 1.54) is 0 Å². The highest BCUT2D eigenvalue weighted by Gasteiger charge is 2.28. The maximum Gasteiger partial charge on any atom is 0.257 e. The molecule has 1 aromatic rings. The van der Waals surface area contributed by atoms with E-state index < -0.39 is 0 Å². The van der Waals surface area contributed by atoms with Crippen LogP contribution in [0.15, 0.2) is 12.1 Å². The fourth-order valence-electron chi connectivity index (χ4n) is 2.89. The molecular weight excluding hydrogens is 340 g/mol. The second-order valence-electron chi connectivity index (χ2n) is 7.71. The van der Waals surface area contributed by atoms with Crippen LogP contribution in [0.1, 0.15) is 43.1 Å². The van der Waals surface area contributed by atoms with E-state index in [-0.39, 0.29) is 17.2 Å². The minimum atomic E-state index is -0.110. The monoisotopic (exact) mass is 366 g/mol. The zero-order valence-electron chi connectivity index (χ0n) is 15.7. The van der Waals surface area contributed by atoms with Gasteiger partial charge in [0.25, 0.3) is 5.91 Å². The molecule has 0 radical (unpaired) electrons. The van der Waals surface area contributed by atoms with Crippen molar-refractivity contribution < 1.29 is 14.3 Å². The molecule has 0 bridgehead atoms. The Kier molecular flexibility index (Phi) is 5.99. The minimum Gasteiger partial charge on any atom is -0.496 e. The Morgan fingerprint density at radius 2 is 1.68 bits per heavy atom. The lowest BCUT2D eigenvalue weighted by Gasteiger charge is -2.36. The van der Waals surface area contributed by atoms with Gasteiger partial charge in [-0.2, -0.15) is 0 Å². The quantitative estimate of drug-likeness (QED) is 0.824. The molecule has 2 amide bonds. The number of carbonyl (C=O) groups excluding carboxylic acids is 2. The molecule has 138 valence electrons. The van der Waals surface area contributed by atoms with Crippen molar-refractivity contribution in [3.05, 3.63) is 28.3 Å². The normalized spacial score (nSPS) is 15.3. The van der Waals surface area contributed by atoms with Crippen molar-refractivity contribution in [1.29, 1.82) is 0 Å². The standard InChI is InChI=1S/C19H27ClN2O3/c1-13-10-16(25-5)14(11-15(13)20)18(24)22-8-6-21(7-9-22)17(23)12-19(2,3)4/h10-11H,6-9,12H2,1-5H3. The van der Waals surface area contributed by atoms with Gasteiger partial charge in [-0.15, -0.1) is 0 Å². The Labute approximate surface area is 154 Å². The molecule has 1 aliphatic rings. The van der Waals surface area contributed by atoms with Crippen molar-refractivity contribution in [3.63, 3.8) is 0 Å². The van der Waals surface area contributed by atoms with Crippen LogP contribution < -0.4 is 4.74 Å². The summed E-state index contributed by atoms with van der Waals surface area (Å²) in [5, 5.41) is 0.545. The lowest BCUT2D eigenvalue weighted by molar-refractivity contribution is -0.134. The predicted molar refractivity (Wildman–Crippen MR) is 99.3 cm³/mol. The van der Waals surface area contributed by atoms with Gasteiger partial charge >= 0.3 is 0 Å². The Bertz CT molecular complexity index is 659. The second-order valence-corrected chi connectivity index (χ2v) is 8.12. The molecule has 0 aromatic heterocycles. The molecule has 0 atom stereocenters. The number of piperazine rings is 1. The number of carbonyl (C=O) groups is 2. The first-order valence-electron chi connectivity index (χ1n) is 8.53. The molecule has 0 spiro atoms. The van der Waals surface area contributed by atoms with Crippen LogP contribution in [0.3, 0.4) is 0 Å². The van der Waals surface area contributed by atoms with Crippen molar-refractivity contribution in [3.8, 4) is 5.75 Å². The van der Waals surface area contributed by atoms with Gasteiger partial charge in [0.15, 0.2) is 0 Å². The molecule has 0 saturated carbocycles. The van der Waals surface area contributed by atoms with E-state index in [0.717, 1.165) is 5.56 Å². The van der Waals surface area contributed by atoms with E-state index in [1.54, 1.807) is 24.1 Å². The van der Waals surface area contributed by atoms with Crippen LogP contribution in [0, 0.1) is 12.3 Å². The summed E-state index contributed by atoms with van der Waals surface area (Å²) < 4.78 is 5.34. The van der Waals surface area contributed by atoms with Gasteiger partial charge in [0.05, 0.1) is 12.7 Å². The molecule has 5 nitrogen and oxygen atoms in total. The summed E-state index contributed by atoms with van der Waals surface area (Å²) in [4.78, 5) is 28.8. The number of hydrogen-bond acceptors (Lipinski definition) is 3. The van der Waals surface area contributed by atoms with Gasteiger partial charge < -0.3 is 14.5 Å². The molecule has 0 N–H and O–H groups in total. The summed E-state index contributed by atoms with van der Waals surface area (Å²) in [7, 11) is 1.54. The predicted octanol–water partition coefficient (Wildman–Crippen LogP) is 3.38. The molecule has 0 aliphatic carbocycles. The smallest absolute Gasteiger partial charge is 0.257 e. The van der Waals surface area contributed by atoms with Gasteiger partial charge in [-0.25, -0.2) is 0 Å². The average Bonchev–Trinajstić information content (AvgIpc) is 2.55. The van der Waals surface area contributed by atoms with Crippen molar-refractivity contribution in [2.45, 2.75) is 34.1 Å². The highest BCUT2D eigenvalue weighted by atomic mass is 35.5. The molecule has 6 heteroatoms. The molecule has 1 saturated heterocycles. The van der Waals surface area contributed by atoms with Gasteiger partial charge in [-0.05, 0) is 30.0 Å². The van der Waals surface area contributed by atoms with E-state index in [0.29, 0.717) is 48.9 Å². The summed E-state index contributed by atoms with van der Waals surface area (Å²) >= 11 is 6.17. The topological polar surface area (TPSA) is 49.9 Å². The highest BCUT2D eigenvalue weighted by Crippen LogP contribution is 2.28. The first-order chi connectivity index (χ1) is 11.6. The molecule has 0 unspecified atom stereocenters. The number of aryl methyl sites for hydroxylation is 1. The third-order valence-corrected chi connectivity index (χ3v) is 4.72.